The van der Waals surface area contributed by atoms with Gasteiger partial charge in [-0.25, -0.2) is 12.8 Å². The number of hydrogen-bond acceptors (Lipinski definition) is 3. The first-order valence-corrected chi connectivity index (χ1v) is 7.07. The van der Waals surface area contributed by atoms with Crippen LogP contribution < -0.4 is 5.32 Å². The second kappa shape index (κ2) is 4.66. The molecular weight excluding hydrogens is 286 g/mol. The van der Waals surface area contributed by atoms with Gasteiger partial charge in [-0.15, -0.1) is 0 Å². The van der Waals surface area contributed by atoms with E-state index in [4.69, 9.17) is 0 Å². The van der Waals surface area contributed by atoms with Crippen molar-refractivity contribution in [3.63, 3.8) is 0 Å². The highest BCUT2D eigenvalue weighted by atomic mass is 32.2. The van der Waals surface area contributed by atoms with E-state index in [0.717, 1.165) is 31.4 Å². The van der Waals surface area contributed by atoms with E-state index >= 15 is 0 Å². The molecule has 0 aliphatic heterocycles. The number of nitrogens with one attached hydrogen (secondary N) is 1. The molecule has 0 heterocycles. The maximum absolute atomic E-state index is 13.0. The first-order chi connectivity index (χ1) is 8.72. The lowest BCUT2D eigenvalue weighted by Gasteiger charge is -2.28. The van der Waals surface area contributed by atoms with Gasteiger partial charge < -0.3 is 5.32 Å². The summed E-state index contributed by atoms with van der Waals surface area (Å²) in [6, 6.07) is 2.28. The van der Waals surface area contributed by atoms with Gasteiger partial charge in [0.25, 0.3) is 9.84 Å². The first kappa shape index (κ1) is 14.1. The molecule has 0 aromatic heterocycles. The minimum Gasteiger partial charge on any atom is -0.381 e. The molecule has 0 saturated heterocycles. The average molecular weight is 297 g/mol. The Morgan fingerprint density at radius 1 is 1.21 bits per heavy atom. The van der Waals surface area contributed by atoms with Crippen molar-refractivity contribution >= 4 is 15.5 Å². The van der Waals surface area contributed by atoms with Gasteiger partial charge in [-0.1, -0.05) is 0 Å². The molecule has 0 bridgehead atoms. The maximum atomic E-state index is 13.0. The van der Waals surface area contributed by atoms with Crippen molar-refractivity contribution in [3.05, 3.63) is 24.0 Å². The minimum absolute atomic E-state index is 0.0624. The summed E-state index contributed by atoms with van der Waals surface area (Å²) >= 11 is 0. The molecule has 1 aliphatic rings. The predicted octanol–water partition coefficient (Wildman–Crippen LogP) is 3.08. The fourth-order valence-electron chi connectivity index (χ4n) is 1.73. The highest BCUT2D eigenvalue weighted by molar-refractivity contribution is 7.92. The topological polar surface area (TPSA) is 46.2 Å². The highest BCUT2D eigenvalue weighted by Crippen LogP contribution is 2.36. The summed E-state index contributed by atoms with van der Waals surface area (Å²) in [7, 11) is -5.56. The van der Waals surface area contributed by atoms with Crippen LogP contribution in [-0.4, -0.2) is 20.0 Å². The van der Waals surface area contributed by atoms with E-state index in [1.54, 1.807) is 0 Å². The summed E-state index contributed by atoms with van der Waals surface area (Å²) < 4.78 is 73.4. The molecule has 1 fully saturated rings. The molecule has 1 aromatic rings. The number of benzene rings is 1. The van der Waals surface area contributed by atoms with Crippen molar-refractivity contribution in [3.8, 4) is 0 Å². The molecule has 0 amide bonds. The minimum atomic E-state index is -5.56. The molecule has 3 nitrogen and oxygen atoms in total. The zero-order chi connectivity index (χ0) is 14.3. The van der Waals surface area contributed by atoms with Gasteiger partial charge in [0.05, 0.1) is 5.69 Å². The molecule has 1 saturated carbocycles. The molecule has 1 N–H and O–H groups in total. The van der Waals surface area contributed by atoms with E-state index in [-0.39, 0.29) is 11.7 Å². The number of rotatable bonds is 3. The SMILES string of the molecule is O=S(=O)(c1cc(F)ccc1NC1CCC1)C(F)(F)F. The van der Waals surface area contributed by atoms with Crippen LogP contribution in [0.25, 0.3) is 0 Å². The third-order valence-electron chi connectivity index (χ3n) is 3.00. The largest absolute Gasteiger partial charge is 0.501 e. The van der Waals surface area contributed by atoms with Crippen LogP contribution >= 0.6 is 0 Å². The third-order valence-corrected chi connectivity index (χ3v) is 4.53. The fraction of sp³-hybridized carbons (Fsp3) is 0.455. The Balaban J connectivity index is 2.45. The van der Waals surface area contributed by atoms with Crippen LogP contribution in [0.4, 0.5) is 23.2 Å². The highest BCUT2D eigenvalue weighted by Gasteiger charge is 2.48. The van der Waals surface area contributed by atoms with Gasteiger partial charge in [0.1, 0.15) is 10.7 Å². The van der Waals surface area contributed by atoms with Gasteiger partial charge in [0, 0.05) is 6.04 Å². The van der Waals surface area contributed by atoms with Crippen molar-refractivity contribution in [2.24, 2.45) is 0 Å². The molecule has 2 rings (SSSR count). The Labute approximate surface area is 107 Å². The normalized spacial score (nSPS) is 17.1. The quantitative estimate of drug-likeness (QED) is 0.872. The molecule has 0 radical (unpaired) electrons. The summed E-state index contributed by atoms with van der Waals surface area (Å²) in [5.41, 5.74) is -5.65. The third kappa shape index (κ3) is 2.68. The van der Waals surface area contributed by atoms with Gasteiger partial charge in [-0.3, -0.25) is 0 Å². The second-order valence-electron chi connectivity index (χ2n) is 4.36. The molecule has 8 heteroatoms. The monoisotopic (exact) mass is 297 g/mol. The zero-order valence-electron chi connectivity index (χ0n) is 9.67. The predicted molar refractivity (Wildman–Crippen MR) is 60.9 cm³/mol. The lowest BCUT2D eigenvalue weighted by Crippen LogP contribution is -2.30. The number of halogens is 4. The van der Waals surface area contributed by atoms with Gasteiger partial charge in [0.2, 0.25) is 0 Å². The Bertz CT molecular complexity index is 579. The molecule has 19 heavy (non-hydrogen) atoms. The van der Waals surface area contributed by atoms with Gasteiger partial charge in [-0.2, -0.15) is 13.2 Å². The summed E-state index contributed by atoms with van der Waals surface area (Å²) in [6.07, 6.45) is 2.44. The smallest absolute Gasteiger partial charge is 0.381 e. The van der Waals surface area contributed by atoms with E-state index in [1.165, 1.54) is 0 Å². The van der Waals surface area contributed by atoms with Gasteiger partial charge in [0.15, 0.2) is 0 Å². The summed E-state index contributed by atoms with van der Waals surface area (Å²) in [5, 5.41) is 2.71. The van der Waals surface area contributed by atoms with Crippen molar-refractivity contribution in [1.82, 2.24) is 0 Å². The molecular formula is C11H11F4NO2S. The Hall–Kier alpha value is -1.31. The second-order valence-corrected chi connectivity index (χ2v) is 6.27. The van der Waals surface area contributed by atoms with Crippen molar-refractivity contribution in [2.75, 3.05) is 5.32 Å². The molecule has 106 valence electrons. The van der Waals surface area contributed by atoms with Crippen LogP contribution in [0.5, 0.6) is 0 Å². The van der Waals surface area contributed by atoms with Crippen LogP contribution in [0.15, 0.2) is 23.1 Å². The number of hydrogen-bond donors (Lipinski definition) is 1. The van der Waals surface area contributed by atoms with E-state index < -0.39 is 26.1 Å². The summed E-state index contributed by atoms with van der Waals surface area (Å²) in [5.74, 6) is -1.03. The molecule has 0 unspecified atom stereocenters. The summed E-state index contributed by atoms with van der Waals surface area (Å²) in [4.78, 5) is -1.06. The molecule has 1 aliphatic carbocycles. The maximum Gasteiger partial charge on any atom is 0.501 e. The van der Waals surface area contributed by atoms with Crippen molar-refractivity contribution in [2.45, 2.75) is 35.7 Å². The van der Waals surface area contributed by atoms with Crippen LogP contribution in [0.1, 0.15) is 19.3 Å². The van der Waals surface area contributed by atoms with Crippen molar-refractivity contribution in [1.29, 1.82) is 0 Å². The van der Waals surface area contributed by atoms with Crippen LogP contribution in [0.3, 0.4) is 0 Å². The Kier molecular flexibility index (Phi) is 3.46. The van der Waals surface area contributed by atoms with Crippen molar-refractivity contribution < 1.29 is 26.0 Å². The first-order valence-electron chi connectivity index (χ1n) is 5.59. The lowest BCUT2D eigenvalue weighted by atomic mass is 9.93. The average Bonchev–Trinajstić information content (AvgIpc) is 2.23. The van der Waals surface area contributed by atoms with E-state index in [2.05, 4.69) is 5.32 Å². The Morgan fingerprint density at radius 2 is 1.84 bits per heavy atom. The number of anilines is 1. The van der Waals surface area contributed by atoms with Crippen LogP contribution in [-0.2, 0) is 9.84 Å². The number of alkyl halides is 3. The molecule has 0 spiro atoms. The van der Waals surface area contributed by atoms with Crippen LogP contribution in [0, 0.1) is 5.82 Å². The zero-order valence-corrected chi connectivity index (χ0v) is 10.5. The van der Waals surface area contributed by atoms with E-state index in [9.17, 15) is 26.0 Å². The van der Waals surface area contributed by atoms with E-state index in [0.29, 0.717) is 6.07 Å². The lowest BCUT2D eigenvalue weighted by molar-refractivity contribution is -0.0435. The Morgan fingerprint density at radius 3 is 2.32 bits per heavy atom. The van der Waals surface area contributed by atoms with E-state index in [1.807, 2.05) is 0 Å². The van der Waals surface area contributed by atoms with Gasteiger partial charge >= 0.3 is 5.51 Å². The molecule has 1 aromatic carbocycles. The van der Waals surface area contributed by atoms with Crippen LogP contribution in [0.2, 0.25) is 0 Å². The fourth-order valence-corrected chi connectivity index (χ4v) is 2.67. The van der Waals surface area contributed by atoms with Gasteiger partial charge in [-0.05, 0) is 37.5 Å². The molecule has 0 atom stereocenters. The standard InChI is InChI=1S/C11H11F4NO2S/c12-7-4-5-9(16-8-2-1-3-8)10(6-7)19(17,18)11(13,14)15/h4-6,8,16H,1-3H2. The number of sulfone groups is 1. The summed E-state index contributed by atoms with van der Waals surface area (Å²) in [6.45, 7) is 0.